The van der Waals surface area contributed by atoms with Crippen LogP contribution in [-0.2, 0) is 9.59 Å². The smallest absolute Gasteiger partial charge is 0.245 e. The number of nitrogens with zero attached hydrogens (tertiary/aromatic N) is 1. The lowest BCUT2D eigenvalue weighted by Crippen LogP contribution is -2.50. The normalized spacial score (nSPS) is 17.6. The average molecular weight is 226 g/mol. The number of rotatable bonds is 4. The number of likely N-dealkylation sites (tertiary alicyclic amines) is 1. The van der Waals surface area contributed by atoms with Crippen LogP contribution in [0.1, 0.15) is 40.0 Å². The van der Waals surface area contributed by atoms with Crippen LogP contribution in [0.15, 0.2) is 0 Å². The fraction of sp³-hybridized carbons (Fsp3) is 0.833. The molecule has 92 valence electrons. The van der Waals surface area contributed by atoms with Gasteiger partial charge in [0.05, 0.1) is 0 Å². The first-order chi connectivity index (χ1) is 7.56. The highest BCUT2D eigenvalue weighted by molar-refractivity contribution is 5.87. The molecule has 4 nitrogen and oxygen atoms in total. The van der Waals surface area contributed by atoms with Crippen molar-refractivity contribution in [1.82, 2.24) is 10.2 Å². The molecule has 1 heterocycles. The van der Waals surface area contributed by atoms with Crippen LogP contribution in [0.5, 0.6) is 0 Å². The van der Waals surface area contributed by atoms with Gasteiger partial charge in [0.25, 0.3) is 0 Å². The molecule has 1 aliphatic heterocycles. The van der Waals surface area contributed by atoms with Crippen molar-refractivity contribution in [2.45, 2.75) is 46.1 Å². The summed E-state index contributed by atoms with van der Waals surface area (Å²) in [6, 6.07) is -0.356. The second-order valence-corrected chi connectivity index (χ2v) is 4.68. The first kappa shape index (κ1) is 13.0. The van der Waals surface area contributed by atoms with Gasteiger partial charge in [0.2, 0.25) is 11.8 Å². The molecule has 16 heavy (non-hydrogen) atoms. The van der Waals surface area contributed by atoms with Crippen LogP contribution in [0.25, 0.3) is 0 Å². The highest BCUT2D eigenvalue weighted by Gasteiger charge is 2.29. The van der Waals surface area contributed by atoms with Gasteiger partial charge in [-0.3, -0.25) is 9.59 Å². The minimum absolute atomic E-state index is 0.0498. The fourth-order valence-corrected chi connectivity index (χ4v) is 1.92. The van der Waals surface area contributed by atoms with E-state index >= 15 is 0 Å². The molecule has 1 saturated heterocycles. The predicted molar refractivity (Wildman–Crippen MR) is 62.9 cm³/mol. The molecule has 1 atom stereocenters. The fourth-order valence-electron chi connectivity index (χ4n) is 1.92. The second-order valence-electron chi connectivity index (χ2n) is 4.68. The van der Waals surface area contributed by atoms with Crippen LogP contribution in [0.2, 0.25) is 0 Å². The van der Waals surface area contributed by atoms with Gasteiger partial charge in [0.1, 0.15) is 6.04 Å². The molecule has 0 aromatic carbocycles. The third kappa shape index (κ3) is 3.22. The van der Waals surface area contributed by atoms with Crippen molar-refractivity contribution in [2.75, 3.05) is 13.1 Å². The van der Waals surface area contributed by atoms with Gasteiger partial charge < -0.3 is 10.2 Å². The van der Waals surface area contributed by atoms with Gasteiger partial charge >= 0.3 is 0 Å². The Bertz CT molecular complexity index is 258. The molecule has 0 aromatic rings. The van der Waals surface area contributed by atoms with E-state index in [-0.39, 0.29) is 23.8 Å². The zero-order valence-corrected chi connectivity index (χ0v) is 10.5. The van der Waals surface area contributed by atoms with Crippen molar-refractivity contribution in [2.24, 2.45) is 5.92 Å². The molecule has 4 heteroatoms. The summed E-state index contributed by atoms with van der Waals surface area (Å²) in [4.78, 5) is 25.4. The number of hydrogen-bond acceptors (Lipinski definition) is 2. The zero-order valence-electron chi connectivity index (χ0n) is 10.5. The summed E-state index contributed by atoms with van der Waals surface area (Å²) in [5.74, 6) is 0.171. The minimum atomic E-state index is -0.356. The maximum Gasteiger partial charge on any atom is 0.245 e. The molecule has 0 aliphatic carbocycles. The SMILES string of the molecule is CCC(=O)N[C@@H](C(=O)N1CCCC1)C(C)C. The van der Waals surface area contributed by atoms with Crippen LogP contribution in [-0.4, -0.2) is 35.8 Å². The summed E-state index contributed by atoms with van der Waals surface area (Å²) in [7, 11) is 0. The summed E-state index contributed by atoms with van der Waals surface area (Å²) in [5, 5.41) is 2.81. The van der Waals surface area contributed by atoms with E-state index in [2.05, 4.69) is 5.32 Å². The number of nitrogens with one attached hydrogen (secondary N) is 1. The van der Waals surface area contributed by atoms with Gasteiger partial charge in [-0.15, -0.1) is 0 Å². The predicted octanol–water partition coefficient (Wildman–Crippen LogP) is 1.16. The van der Waals surface area contributed by atoms with Gasteiger partial charge in [-0.1, -0.05) is 20.8 Å². The van der Waals surface area contributed by atoms with Crippen LogP contribution in [0.4, 0.5) is 0 Å². The molecule has 0 saturated carbocycles. The van der Waals surface area contributed by atoms with Gasteiger partial charge in [0, 0.05) is 19.5 Å². The molecular weight excluding hydrogens is 204 g/mol. The summed E-state index contributed by atoms with van der Waals surface area (Å²) in [5.41, 5.74) is 0. The van der Waals surface area contributed by atoms with E-state index in [1.807, 2.05) is 18.7 Å². The molecule has 1 fully saturated rings. The Morgan fingerprint density at radius 2 is 1.81 bits per heavy atom. The zero-order chi connectivity index (χ0) is 12.1. The summed E-state index contributed by atoms with van der Waals surface area (Å²) >= 11 is 0. The van der Waals surface area contributed by atoms with E-state index in [4.69, 9.17) is 0 Å². The molecule has 1 aliphatic rings. The summed E-state index contributed by atoms with van der Waals surface area (Å²) in [6.45, 7) is 7.41. The number of hydrogen-bond donors (Lipinski definition) is 1. The first-order valence-corrected chi connectivity index (χ1v) is 6.14. The van der Waals surface area contributed by atoms with Crippen LogP contribution < -0.4 is 5.32 Å². The van der Waals surface area contributed by atoms with E-state index in [1.54, 1.807) is 6.92 Å². The van der Waals surface area contributed by atoms with E-state index in [0.29, 0.717) is 6.42 Å². The van der Waals surface area contributed by atoms with Crippen molar-refractivity contribution >= 4 is 11.8 Å². The first-order valence-electron chi connectivity index (χ1n) is 6.14. The topological polar surface area (TPSA) is 49.4 Å². The van der Waals surface area contributed by atoms with Crippen LogP contribution in [0, 0.1) is 5.92 Å². The Morgan fingerprint density at radius 3 is 2.25 bits per heavy atom. The third-order valence-electron chi connectivity index (χ3n) is 2.99. The molecule has 1 rings (SSSR count). The highest BCUT2D eigenvalue weighted by Crippen LogP contribution is 2.13. The lowest BCUT2D eigenvalue weighted by atomic mass is 10.0. The van der Waals surface area contributed by atoms with Gasteiger partial charge in [-0.2, -0.15) is 0 Å². The standard InChI is InChI=1S/C12H22N2O2/c1-4-10(15)13-11(9(2)3)12(16)14-7-5-6-8-14/h9,11H,4-8H2,1-3H3,(H,13,15)/t11-/m1/s1. The molecule has 0 radical (unpaired) electrons. The van der Waals surface area contributed by atoms with Crippen molar-refractivity contribution < 1.29 is 9.59 Å². The van der Waals surface area contributed by atoms with E-state index in [9.17, 15) is 9.59 Å². The number of carbonyl (C=O) groups excluding carboxylic acids is 2. The Hall–Kier alpha value is -1.06. The number of carbonyl (C=O) groups is 2. The minimum Gasteiger partial charge on any atom is -0.344 e. The van der Waals surface area contributed by atoms with Gasteiger partial charge in [-0.25, -0.2) is 0 Å². The van der Waals surface area contributed by atoms with Crippen molar-refractivity contribution in [3.63, 3.8) is 0 Å². The van der Waals surface area contributed by atoms with E-state index < -0.39 is 0 Å². The monoisotopic (exact) mass is 226 g/mol. The van der Waals surface area contributed by atoms with Crippen molar-refractivity contribution in [3.05, 3.63) is 0 Å². The van der Waals surface area contributed by atoms with Gasteiger partial charge in [0.15, 0.2) is 0 Å². The second kappa shape index (κ2) is 5.87. The average Bonchev–Trinajstić information content (AvgIpc) is 2.77. The lowest BCUT2D eigenvalue weighted by molar-refractivity contribution is -0.136. The molecule has 0 unspecified atom stereocenters. The van der Waals surface area contributed by atoms with Crippen LogP contribution in [0.3, 0.4) is 0 Å². The summed E-state index contributed by atoms with van der Waals surface area (Å²) in [6.07, 6.45) is 2.59. The van der Waals surface area contributed by atoms with Gasteiger partial charge in [-0.05, 0) is 18.8 Å². The number of amides is 2. The molecule has 0 spiro atoms. The molecule has 0 aromatic heterocycles. The quantitative estimate of drug-likeness (QED) is 0.782. The Balaban J connectivity index is 2.61. The Labute approximate surface area is 97.4 Å². The molecular formula is C12H22N2O2. The van der Waals surface area contributed by atoms with E-state index in [0.717, 1.165) is 25.9 Å². The Morgan fingerprint density at radius 1 is 1.25 bits per heavy atom. The maximum absolute atomic E-state index is 12.1. The molecule has 2 amide bonds. The molecule has 0 bridgehead atoms. The van der Waals surface area contributed by atoms with Crippen molar-refractivity contribution in [1.29, 1.82) is 0 Å². The highest BCUT2D eigenvalue weighted by atomic mass is 16.2. The molecule has 1 N–H and O–H groups in total. The maximum atomic E-state index is 12.1. The van der Waals surface area contributed by atoms with Crippen molar-refractivity contribution in [3.8, 4) is 0 Å². The largest absolute Gasteiger partial charge is 0.344 e. The Kier molecular flexibility index (Phi) is 4.77. The van der Waals surface area contributed by atoms with E-state index in [1.165, 1.54) is 0 Å². The van der Waals surface area contributed by atoms with Crippen LogP contribution >= 0.6 is 0 Å². The summed E-state index contributed by atoms with van der Waals surface area (Å²) < 4.78 is 0. The third-order valence-corrected chi connectivity index (χ3v) is 2.99. The lowest BCUT2D eigenvalue weighted by Gasteiger charge is -2.26.